The first-order valence-corrected chi connectivity index (χ1v) is 9.86. The van der Waals surface area contributed by atoms with E-state index < -0.39 is 9.84 Å². The van der Waals surface area contributed by atoms with Crippen LogP contribution in [0.1, 0.15) is 6.92 Å². The first kappa shape index (κ1) is 17.9. The number of nitrogens with one attached hydrogen (secondary N) is 1. The lowest BCUT2D eigenvalue weighted by Crippen LogP contribution is -2.12. The Balaban J connectivity index is 1.85. The minimum Gasteiger partial charge on any atom is -0.329 e. The summed E-state index contributed by atoms with van der Waals surface area (Å²) in [6.07, 6.45) is 1.66. The topological polar surface area (TPSA) is 75.2 Å². The van der Waals surface area contributed by atoms with E-state index >= 15 is 0 Å². The van der Waals surface area contributed by atoms with E-state index in [0.717, 1.165) is 11.5 Å². The van der Waals surface area contributed by atoms with Gasteiger partial charge in [0.05, 0.1) is 10.6 Å². The number of hydrogen-bond donors (Lipinski definition) is 1. The number of rotatable bonds is 6. The molecule has 0 spiro atoms. The van der Waals surface area contributed by atoms with Crippen molar-refractivity contribution < 1.29 is 8.42 Å². The first-order valence-electron chi connectivity index (χ1n) is 8.21. The van der Waals surface area contributed by atoms with Crippen molar-refractivity contribution in [3.8, 4) is 0 Å². The van der Waals surface area contributed by atoms with Crippen LogP contribution in [0.2, 0.25) is 0 Å². The van der Waals surface area contributed by atoms with E-state index in [1.807, 2.05) is 48.3 Å². The number of sulfone groups is 1. The molecule has 1 aromatic heterocycles. The highest BCUT2D eigenvalue weighted by Crippen LogP contribution is 2.23. The van der Waals surface area contributed by atoms with Crippen molar-refractivity contribution in [2.24, 2.45) is 0 Å². The van der Waals surface area contributed by atoms with Crippen LogP contribution in [-0.4, -0.2) is 31.2 Å². The summed E-state index contributed by atoms with van der Waals surface area (Å²) < 4.78 is 24.1. The molecule has 0 fully saturated rings. The highest BCUT2D eigenvalue weighted by molar-refractivity contribution is 7.91. The summed E-state index contributed by atoms with van der Waals surface area (Å²) in [6, 6.07) is 18.4. The molecule has 7 heteroatoms. The molecular weight excluding hydrogens is 348 g/mol. The second kappa shape index (κ2) is 7.53. The van der Waals surface area contributed by atoms with Crippen LogP contribution in [0.25, 0.3) is 0 Å². The summed E-state index contributed by atoms with van der Waals surface area (Å²) in [6.45, 7) is 1.63. The van der Waals surface area contributed by atoms with Crippen LogP contribution in [0.3, 0.4) is 0 Å². The molecule has 1 N–H and O–H groups in total. The van der Waals surface area contributed by atoms with Gasteiger partial charge in [-0.2, -0.15) is 4.98 Å². The van der Waals surface area contributed by atoms with Gasteiger partial charge in [0.1, 0.15) is 5.82 Å². The molecule has 0 saturated heterocycles. The van der Waals surface area contributed by atoms with Gasteiger partial charge in [0.25, 0.3) is 0 Å². The molecule has 0 aliphatic rings. The van der Waals surface area contributed by atoms with Gasteiger partial charge in [-0.25, -0.2) is 13.4 Å². The molecule has 6 nitrogen and oxygen atoms in total. The highest BCUT2D eigenvalue weighted by Gasteiger charge is 2.12. The van der Waals surface area contributed by atoms with E-state index in [2.05, 4.69) is 15.3 Å². The molecule has 0 atom stereocenters. The lowest BCUT2D eigenvalue weighted by Gasteiger charge is -2.18. The summed E-state index contributed by atoms with van der Waals surface area (Å²) in [5, 5.41) is 3.07. The Morgan fingerprint density at radius 2 is 1.81 bits per heavy atom. The number of nitrogens with zero attached hydrogens (tertiary/aromatic N) is 3. The van der Waals surface area contributed by atoms with Crippen LogP contribution in [0.15, 0.2) is 71.8 Å². The fourth-order valence-electron chi connectivity index (χ4n) is 2.44. The predicted molar refractivity (Wildman–Crippen MR) is 104 cm³/mol. The summed E-state index contributed by atoms with van der Waals surface area (Å²) in [7, 11) is -1.33. The fraction of sp³-hybridized carbons (Fsp3) is 0.158. The van der Waals surface area contributed by atoms with E-state index in [4.69, 9.17) is 0 Å². The lowest BCUT2D eigenvalue weighted by atomic mass is 10.3. The molecular formula is C19H20N4O2S. The third-order valence-electron chi connectivity index (χ3n) is 3.96. The van der Waals surface area contributed by atoms with Crippen molar-refractivity contribution in [2.75, 3.05) is 23.0 Å². The minimum absolute atomic E-state index is 0.0598. The standard InChI is InChI=1S/C19H20N4O2S/c1-3-26(24,25)17-11-7-8-15(14-17)21-19-20-13-12-18(22-19)23(2)16-9-5-4-6-10-16/h4-14H,3H2,1-2H3,(H,20,21,22). The molecule has 0 saturated carbocycles. The molecule has 2 aromatic carbocycles. The van der Waals surface area contributed by atoms with Crippen LogP contribution in [0.4, 0.5) is 23.1 Å². The predicted octanol–water partition coefficient (Wildman–Crippen LogP) is 3.78. The Kier molecular flexibility index (Phi) is 5.18. The molecule has 0 unspecified atom stereocenters. The van der Waals surface area contributed by atoms with Gasteiger partial charge < -0.3 is 10.2 Å². The maximum absolute atomic E-state index is 12.0. The Morgan fingerprint density at radius 3 is 2.54 bits per heavy atom. The van der Waals surface area contributed by atoms with Crippen molar-refractivity contribution in [1.82, 2.24) is 9.97 Å². The molecule has 0 aliphatic heterocycles. The average molecular weight is 368 g/mol. The van der Waals surface area contributed by atoms with E-state index in [1.165, 1.54) is 0 Å². The van der Waals surface area contributed by atoms with E-state index in [-0.39, 0.29) is 10.6 Å². The Bertz CT molecular complexity index is 991. The molecule has 26 heavy (non-hydrogen) atoms. The van der Waals surface area contributed by atoms with Crippen LogP contribution < -0.4 is 10.2 Å². The first-order chi connectivity index (χ1) is 12.5. The van der Waals surface area contributed by atoms with Crippen molar-refractivity contribution >= 4 is 33.0 Å². The second-order valence-electron chi connectivity index (χ2n) is 5.69. The lowest BCUT2D eigenvalue weighted by molar-refractivity contribution is 0.597. The smallest absolute Gasteiger partial charge is 0.229 e. The molecule has 1 heterocycles. The maximum atomic E-state index is 12.0. The van der Waals surface area contributed by atoms with Gasteiger partial charge in [-0.15, -0.1) is 0 Å². The van der Waals surface area contributed by atoms with Gasteiger partial charge in [0.15, 0.2) is 9.84 Å². The Morgan fingerprint density at radius 1 is 1.04 bits per heavy atom. The van der Waals surface area contributed by atoms with E-state index in [1.54, 1.807) is 37.4 Å². The largest absolute Gasteiger partial charge is 0.329 e. The van der Waals surface area contributed by atoms with Crippen molar-refractivity contribution in [2.45, 2.75) is 11.8 Å². The SMILES string of the molecule is CCS(=O)(=O)c1cccc(Nc2nccc(N(C)c3ccccc3)n2)c1. The van der Waals surface area contributed by atoms with Crippen LogP contribution in [0.5, 0.6) is 0 Å². The van der Waals surface area contributed by atoms with Gasteiger partial charge in [0.2, 0.25) is 5.95 Å². The third-order valence-corrected chi connectivity index (χ3v) is 5.69. The van der Waals surface area contributed by atoms with Crippen molar-refractivity contribution in [1.29, 1.82) is 0 Å². The average Bonchev–Trinajstić information content (AvgIpc) is 2.68. The summed E-state index contributed by atoms with van der Waals surface area (Å²) in [4.78, 5) is 11.0. The number of benzene rings is 2. The normalized spacial score (nSPS) is 11.2. The molecule has 3 aromatic rings. The number of hydrogen-bond acceptors (Lipinski definition) is 6. The monoisotopic (exact) mass is 368 g/mol. The third kappa shape index (κ3) is 4.00. The molecule has 0 radical (unpaired) electrons. The number of anilines is 4. The van der Waals surface area contributed by atoms with Crippen molar-refractivity contribution in [3.05, 3.63) is 66.9 Å². The van der Waals surface area contributed by atoms with Gasteiger partial charge in [-0.05, 0) is 36.4 Å². The zero-order valence-corrected chi connectivity index (χ0v) is 15.4. The highest BCUT2D eigenvalue weighted by atomic mass is 32.2. The van der Waals surface area contributed by atoms with Crippen LogP contribution in [-0.2, 0) is 9.84 Å². The summed E-state index contributed by atoms with van der Waals surface area (Å²) in [5.74, 6) is 1.19. The number of para-hydroxylation sites is 1. The number of aromatic nitrogens is 2. The second-order valence-corrected chi connectivity index (χ2v) is 7.97. The van der Waals surface area contributed by atoms with Gasteiger partial charge in [-0.3, -0.25) is 0 Å². The molecule has 0 amide bonds. The zero-order chi connectivity index (χ0) is 18.6. The quantitative estimate of drug-likeness (QED) is 0.714. The summed E-state index contributed by atoms with van der Waals surface area (Å²) >= 11 is 0. The molecule has 134 valence electrons. The van der Waals surface area contributed by atoms with Gasteiger partial charge in [-0.1, -0.05) is 31.2 Å². The molecule has 0 bridgehead atoms. The van der Waals surface area contributed by atoms with Gasteiger partial charge in [0, 0.05) is 24.6 Å². The maximum Gasteiger partial charge on any atom is 0.229 e. The van der Waals surface area contributed by atoms with E-state index in [0.29, 0.717) is 11.6 Å². The van der Waals surface area contributed by atoms with Crippen molar-refractivity contribution in [3.63, 3.8) is 0 Å². The minimum atomic E-state index is -3.26. The molecule has 0 aliphatic carbocycles. The zero-order valence-electron chi connectivity index (χ0n) is 14.6. The fourth-order valence-corrected chi connectivity index (χ4v) is 3.37. The van der Waals surface area contributed by atoms with Gasteiger partial charge >= 0.3 is 0 Å². The van der Waals surface area contributed by atoms with Crippen LogP contribution in [0, 0.1) is 0 Å². The van der Waals surface area contributed by atoms with E-state index in [9.17, 15) is 8.42 Å². The Labute approximate surface area is 153 Å². The molecule has 3 rings (SSSR count). The Hall–Kier alpha value is -2.93. The summed E-state index contributed by atoms with van der Waals surface area (Å²) in [5.41, 5.74) is 1.63. The van der Waals surface area contributed by atoms with Crippen LogP contribution >= 0.6 is 0 Å².